The van der Waals surface area contributed by atoms with E-state index in [0.29, 0.717) is 22.0 Å². The molecule has 1 atom stereocenters. The van der Waals surface area contributed by atoms with Crippen LogP contribution in [0.25, 0.3) is 10.6 Å². The van der Waals surface area contributed by atoms with Gasteiger partial charge in [-0.2, -0.15) is 0 Å². The van der Waals surface area contributed by atoms with Crippen molar-refractivity contribution >= 4 is 28.9 Å². The van der Waals surface area contributed by atoms with Gasteiger partial charge in [-0.05, 0) is 19.1 Å². The van der Waals surface area contributed by atoms with Crippen molar-refractivity contribution in [2.24, 2.45) is 0 Å². The lowest BCUT2D eigenvalue weighted by atomic mass is 10.1. The summed E-state index contributed by atoms with van der Waals surface area (Å²) in [5.41, 5.74) is 3.31. The van der Waals surface area contributed by atoms with Gasteiger partial charge in [0.15, 0.2) is 5.69 Å². The van der Waals surface area contributed by atoms with E-state index in [2.05, 4.69) is 10.3 Å². The van der Waals surface area contributed by atoms with Crippen LogP contribution >= 0.6 is 11.3 Å². The number of rotatable bonds is 7. The van der Waals surface area contributed by atoms with Gasteiger partial charge in [0, 0.05) is 28.3 Å². The van der Waals surface area contributed by atoms with E-state index in [1.165, 1.54) is 11.3 Å². The number of nitrogens with one attached hydrogen (secondary N) is 1. The third-order valence-corrected chi connectivity index (χ3v) is 5.81. The quantitative estimate of drug-likeness (QED) is 0.361. The summed E-state index contributed by atoms with van der Waals surface area (Å²) < 4.78 is 10.8. The second-order valence-corrected chi connectivity index (χ2v) is 8.18. The molecule has 4 rings (SSSR count). The molecule has 3 aromatic carbocycles. The second-order valence-electron chi connectivity index (χ2n) is 7.32. The molecule has 0 radical (unpaired) electrons. The normalized spacial score (nSPS) is 11.5. The molecule has 7 heteroatoms. The second kappa shape index (κ2) is 10.1. The van der Waals surface area contributed by atoms with Crippen molar-refractivity contribution in [3.63, 3.8) is 0 Å². The van der Waals surface area contributed by atoms with Crippen molar-refractivity contribution in [2.45, 2.75) is 13.0 Å². The maximum Gasteiger partial charge on any atom is 0.358 e. The maximum atomic E-state index is 13.1. The standard InChI is InChI=1S/C26H22N2O4S/c1-17-11-13-19(14-12-17)25-28-22(16-33-25)26(30)32-23(18-7-4-3-5-8-18)24(29)27-20-9-6-10-21(15-20)31-2/h3-16,23H,1-2H3,(H,27,29). The first kappa shape index (κ1) is 22.2. The van der Waals surface area contributed by atoms with Crippen LogP contribution in [0.1, 0.15) is 27.7 Å². The van der Waals surface area contributed by atoms with E-state index in [1.54, 1.807) is 61.0 Å². The predicted octanol–water partition coefficient (Wildman–Crippen LogP) is 5.66. The number of ether oxygens (including phenoxy) is 2. The molecule has 1 unspecified atom stereocenters. The molecular formula is C26H22N2O4S. The molecular weight excluding hydrogens is 436 g/mol. The minimum absolute atomic E-state index is 0.158. The zero-order valence-electron chi connectivity index (χ0n) is 18.1. The van der Waals surface area contributed by atoms with Gasteiger partial charge in [0.25, 0.3) is 5.91 Å². The first-order valence-corrected chi connectivity index (χ1v) is 11.1. The molecule has 0 saturated heterocycles. The molecule has 6 nitrogen and oxygen atoms in total. The largest absolute Gasteiger partial charge is 0.497 e. The number of hydrogen-bond donors (Lipinski definition) is 1. The Morgan fingerprint density at radius 2 is 1.73 bits per heavy atom. The van der Waals surface area contributed by atoms with Gasteiger partial charge in [-0.25, -0.2) is 9.78 Å². The van der Waals surface area contributed by atoms with Crippen LogP contribution in [0.5, 0.6) is 5.75 Å². The zero-order chi connectivity index (χ0) is 23.2. The van der Waals surface area contributed by atoms with Crippen molar-refractivity contribution in [3.05, 3.63) is 101 Å². The average molecular weight is 459 g/mol. The molecule has 1 heterocycles. The van der Waals surface area contributed by atoms with Crippen LogP contribution in [0, 0.1) is 6.92 Å². The molecule has 0 spiro atoms. The average Bonchev–Trinajstić information content (AvgIpc) is 3.34. The fourth-order valence-electron chi connectivity index (χ4n) is 3.17. The summed E-state index contributed by atoms with van der Waals surface area (Å²) in [5.74, 6) is -0.539. The Bertz CT molecular complexity index is 1250. The molecule has 0 bridgehead atoms. The Morgan fingerprint density at radius 1 is 0.970 bits per heavy atom. The van der Waals surface area contributed by atoms with E-state index < -0.39 is 18.0 Å². The molecule has 166 valence electrons. The third kappa shape index (κ3) is 5.45. The molecule has 0 aliphatic carbocycles. The van der Waals surface area contributed by atoms with Crippen LogP contribution < -0.4 is 10.1 Å². The van der Waals surface area contributed by atoms with Crippen molar-refractivity contribution in [3.8, 4) is 16.3 Å². The maximum absolute atomic E-state index is 13.1. The summed E-state index contributed by atoms with van der Waals surface area (Å²) in [7, 11) is 1.55. The first-order valence-electron chi connectivity index (χ1n) is 10.3. The van der Waals surface area contributed by atoms with Gasteiger partial charge in [-0.3, -0.25) is 4.79 Å². The van der Waals surface area contributed by atoms with Crippen LogP contribution in [0.2, 0.25) is 0 Å². The van der Waals surface area contributed by atoms with E-state index in [0.717, 1.165) is 11.1 Å². The minimum Gasteiger partial charge on any atom is -0.497 e. The summed E-state index contributed by atoms with van der Waals surface area (Å²) in [6, 6.07) is 23.7. The molecule has 1 N–H and O–H groups in total. The molecule has 0 aliphatic rings. The van der Waals surface area contributed by atoms with Crippen molar-refractivity contribution in [2.75, 3.05) is 12.4 Å². The number of methoxy groups -OCH3 is 1. The highest BCUT2D eigenvalue weighted by Crippen LogP contribution is 2.27. The van der Waals surface area contributed by atoms with Gasteiger partial charge in [-0.15, -0.1) is 11.3 Å². The number of carbonyl (C=O) groups is 2. The molecule has 0 saturated carbocycles. The number of amides is 1. The van der Waals surface area contributed by atoms with Crippen LogP contribution in [0.4, 0.5) is 5.69 Å². The minimum atomic E-state index is -1.14. The first-order chi connectivity index (χ1) is 16.0. The monoisotopic (exact) mass is 458 g/mol. The number of hydrogen-bond acceptors (Lipinski definition) is 6. The number of nitrogens with zero attached hydrogens (tertiary/aromatic N) is 1. The van der Waals surface area contributed by atoms with Crippen LogP contribution in [-0.2, 0) is 9.53 Å². The topological polar surface area (TPSA) is 77.5 Å². The Kier molecular flexibility index (Phi) is 6.80. The molecule has 0 fully saturated rings. The fourth-order valence-corrected chi connectivity index (χ4v) is 3.97. The number of aromatic nitrogens is 1. The number of carbonyl (C=O) groups excluding carboxylic acids is 2. The van der Waals surface area contributed by atoms with Crippen LogP contribution in [0.3, 0.4) is 0 Å². The third-order valence-electron chi connectivity index (χ3n) is 4.91. The van der Waals surface area contributed by atoms with Gasteiger partial charge in [0.1, 0.15) is 10.8 Å². The van der Waals surface area contributed by atoms with Gasteiger partial charge in [0.2, 0.25) is 6.10 Å². The Hall–Kier alpha value is -3.97. The van der Waals surface area contributed by atoms with Gasteiger partial charge in [-0.1, -0.05) is 66.2 Å². The summed E-state index contributed by atoms with van der Waals surface area (Å²) in [6.45, 7) is 2.01. The number of anilines is 1. The highest BCUT2D eigenvalue weighted by atomic mass is 32.1. The van der Waals surface area contributed by atoms with E-state index in [-0.39, 0.29) is 5.69 Å². The van der Waals surface area contributed by atoms with Gasteiger partial charge in [0.05, 0.1) is 7.11 Å². The van der Waals surface area contributed by atoms with E-state index in [9.17, 15) is 9.59 Å². The zero-order valence-corrected chi connectivity index (χ0v) is 19.0. The molecule has 4 aromatic rings. The molecule has 0 aliphatic heterocycles. The lowest BCUT2D eigenvalue weighted by molar-refractivity contribution is -0.125. The van der Waals surface area contributed by atoms with E-state index in [1.807, 2.05) is 37.3 Å². The van der Waals surface area contributed by atoms with Crippen molar-refractivity contribution < 1.29 is 19.1 Å². The lowest BCUT2D eigenvalue weighted by Crippen LogP contribution is -2.26. The lowest BCUT2D eigenvalue weighted by Gasteiger charge is -2.18. The van der Waals surface area contributed by atoms with Crippen LogP contribution in [-0.4, -0.2) is 24.0 Å². The molecule has 1 aromatic heterocycles. The van der Waals surface area contributed by atoms with Gasteiger partial charge >= 0.3 is 5.97 Å². The van der Waals surface area contributed by atoms with Crippen molar-refractivity contribution in [1.29, 1.82) is 0 Å². The van der Waals surface area contributed by atoms with Gasteiger partial charge < -0.3 is 14.8 Å². The number of aryl methyl sites for hydroxylation is 1. The summed E-state index contributed by atoms with van der Waals surface area (Å²) in [5, 5.41) is 5.14. The SMILES string of the molecule is COc1cccc(NC(=O)C(OC(=O)c2csc(-c3ccc(C)cc3)n2)c2ccccc2)c1. The van der Waals surface area contributed by atoms with Crippen LogP contribution in [0.15, 0.2) is 84.2 Å². The Morgan fingerprint density at radius 3 is 2.45 bits per heavy atom. The summed E-state index contributed by atoms with van der Waals surface area (Å²) >= 11 is 1.35. The summed E-state index contributed by atoms with van der Waals surface area (Å²) in [4.78, 5) is 30.4. The smallest absolute Gasteiger partial charge is 0.358 e. The highest BCUT2D eigenvalue weighted by Gasteiger charge is 2.27. The fraction of sp³-hybridized carbons (Fsp3) is 0.115. The van der Waals surface area contributed by atoms with E-state index in [4.69, 9.17) is 9.47 Å². The molecule has 33 heavy (non-hydrogen) atoms. The van der Waals surface area contributed by atoms with E-state index >= 15 is 0 Å². The highest BCUT2D eigenvalue weighted by molar-refractivity contribution is 7.13. The predicted molar refractivity (Wildman–Crippen MR) is 129 cm³/mol. The van der Waals surface area contributed by atoms with Crippen molar-refractivity contribution in [1.82, 2.24) is 4.98 Å². The number of benzene rings is 3. The summed E-state index contributed by atoms with van der Waals surface area (Å²) in [6.07, 6.45) is -1.14. The Balaban J connectivity index is 1.55. The number of esters is 1. The molecule has 1 amide bonds. The number of thiazole rings is 1. The Labute approximate surface area is 195 Å².